The van der Waals surface area contributed by atoms with Crippen LogP contribution in [0.25, 0.3) is 0 Å². The van der Waals surface area contributed by atoms with E-state index in [0.717, 1.165) is 19.3 Å². The lowest BCUT2D eigenvalue weighted by atomic mass is 10.0. The molecule has 0 aromatic carbocycles. The molecule has 0 saturated heterocycles. The van der Waals surface area contributed by atoms with Crippen LogP contribution in [0, 0.1) is 29.1 Å². The molecule has 1 aliphatic carbocycles. The largest absolute Gasteiger partial charge is 0.198 e. The van der Waals surface area contributed by atoms with Gasteiger partial charge < -0.3 is 0 Å². The van der Waals surface area contributed by atoms with Crippen molar-refractivity contribution in [2.24, 2.45) is 5.92 Å². The first-order valence-electron chi connectivity index (χ1n) is 3.29. The van der Waals surface area contributed by atoms with Crippen molar-refractivity contribution in [1.82, 2.24) is 0 Å². The summed E-state index contributed by atoms with van der Waals surface area (Å²) in [6.07, 6.45) is 3.83. The molecule has 0 bridgehead atoms. The van der Waals surface area contributed by atoms with Crippen LogP contribution in [0.15, 0.2) is 0 Å². The Balaban J connectivity index is 2.17. The van der Waals surface area contributed by atoms with Gasteiger partial charge in [0.1, 0.15) is 0 Å². The zero-order chi connectivity index (χ0) is 6.53. The van der Waals surface area contributed by atoms with E-state index < -0.39 is 0 Å². The maximum atomic E-state index is 8.23. The van der Waals surface area contributed by atoms with E-state index in [4.69, 9.17) is 5.26 Å². The Bertz CT molecular complexity index is 177. The molecular weight excluding hydrogens is 110 g/mol. The summed E-state index contributed by atoms with van der Waals surface area (Å²) in [6, 6.07) is 2.13. The van der Waals surface area contributed by atoms with Gasteiger partial charge in [-0.25, -0.2) is 0 Å². The van der Waals surface area contributed by atoms with Gasteiger partial charge in [0.05, 0.1) is 6.07 Å². The van der Waals surface area contributed by atoms with Crippen molar-refractivity contribution in [1.29, 1.82) is 5.26 Å². The van der Waals surface area contributed by atoms with Gasteiger partial charge in [0.25, 0.3) is 0 Å². The first-order valence-corrected chi connectivity index (χ1v) is 3.29. The molecule has 1 unspecified atom stereocenters. The van der Waals surface area contributed by atoms with E-state index in [1.165, 1.54) is 0 Å². The molecule has 0 aromatic heterocycles. The summed E-state index contributed by atoms with van der Waals surface area (Å²) in [5.41, 5.74) is 0. The quantitative estimate of drug-likeness (QED) is 0.507. The summed E-state index contributed by atoms with van der Waals surface area (Å²) in [4.78, 5) is 0. The molecule has 1 heteroatoms. The molecule has 0 heterocycles. The lowest BCUT2D eigenvalue weighted by molar-refractivity contribution is 0.599. The van der Waals surface area contributed by atoms with E-state index in [-0.39, 0.29) is 0 Å². The van der Waals surface area contributed by atoms with Crippen molar-refractivity contribution < 1.29 is 0 Å². The Hall–Kier alpha value is -0.950. The minimum atomic E-state index is 0.532. The average Bonchev–Trinajstić information content (AvgIpc) is 2.34. The van der Waals surface area contributed by atoms with Crippen LogP contribution in [0.4, 0.5) is 0 Å². The molecule has 9 heavy (non-hydrogen) atoms. The second kappa shape index (κ2) is 3.15. The maximum absolute atomic E-state index is 8.23. The fourth-order valence-electron chi connectivity index (χ4n) is 0.990. The third-order valence-electron chi connectivity index (χ3n) is 1.53. The molecule has 1 atom stereocenters. The molecule has 0 spiro atoms. The predicted molar refractivity (Wildman–Crippen MR) is 35.3 cm³/mol. The molecule has 0 amide bonds. The van der Waals surface area contributed by atoms with Crippen LogP contribution in [-0.4, -0.2) is 0 Å². The number of nitriles is 1. The summed E-state index contributed by atoms with van der Waals surface area (Å²) < 4.78 is 0. The standard InChI is InChI=1S/C8H9N/c9-7-3-6-8-4-1-2-5-8/h8H,1,3-4,6H2. The van der Waals surface area contributed by atoms with Crippen LogP contribution in [0.1, 0.15) is 25.7 Å². The van der Waals surface area contributed by atoms with E-state index in [9.17, 15) is 0 Å². The SMILES string of the molecule is N#CCCC1C#CCC1. The predicted octanol–water partition coefficient (Wildman–Crippen LogP) is 1.70. The van der Waals surface area contributed by atoms with Crippen molar-refractivity contribution >= 4 is 0 Å². The Morgan fingerprint density at radius 2 is 2.56 bits per heavy atom. The summed E-state index contributed by atoms with van der Waals surface area (Å²) in [7, 11) is 0. The van der Waals surface area contributed by atoms with Gasteiger partial charge >= 0.3 is 0 Å². The molecule has 1 nitrogen and oxygen atoms in total. The van der Waals surface area contributed by atoms with Crippen LogP contribution in [-0.2, 0) is 0 Å². The molecule has 46 valence electrons. The second-order valence-corrected chi connectivity index (χ2v) is 2.25. The summed E-state index contributed by atoms with van der Waals surface area (Å²) in [6.45, 7) is 0. The highest BCUT2D eigenvalue weighted by atomic mass is 14.2. The van der Waals surface area contributed by atoms with Gasteiger partial charge in [-0.1, -0.05) is 5.92 Å². The van der Waals surface area contributed by atoms with Crippen LogP contribution in [0.5, 0.6) is 0 Å². The van der Waals surface area contributed by atoms with E-state index in [1.807, 2.05) is 0 Å². The van der Waals surface area contributed by atoms with E-state index >= 15 is 0 Å². The lowest BCUT2D eigenvalue weighted by Gasteiger charge is -1.98. The maximum Gasteiger partial charge on any atom is 0.0622 e. The van der Waals surface area contributed by atoms with Crippen LogP contribution in [0.2, 0.25) is 0 Å². The molecule has 0 radical (unpaired) electrons. The first-order chi connectivity index (χ1) is 4.43. The Morgan fingerprint density at radius 3 is 3.11 bits per heavy atom. The van der Waals surface area contributed by atoms with Crippen LogP contribution in [0.3, 0.4) is 0 Å². The minimum Gasteiger partial charge on any atom is -0.198 e. The Kier molecular flexibility index (Phi) is 2.16. The summed E-state index contributed by atoms with van der Waals surface area (Å²) in [5, 5.41) is 8.23. The zero-order valence-corrected chi connectivity index (χ0v) is 5.35. The molecule has 1 rings (SSSR count). The second-order valence-electron chi connectivity index (χ2n) is 2.25. The lowest BCUT2D eigenvalue weighted by Crippen LogP contribution is -1.90. The number of hydrogen-bond donors (Lipinski definition) is 0. The highest BCUT2D eigenvalue weighted by molar-refractivity contribution is 5.10. The normalized spacial score (nSPS) is 22.3. The Labute approximate surface area is 55.7 Å². The Morgan fingerprint density at radius 1 is 1.67 bits per heavy atom. The number of hydrogen-bond acceptors (Lipinski definition) is 1. The van der Waals surface area contributed by atoms with Gasteiger partial charge in [0, 0.05) is 18.8 Å². The van der Waals surface area contributed by atoms with Crippen molar-refractivity contribution in [3.05, 3.63) is 0 Å². The van der Waals surface area contributed by atoms with Gasteiger partial charge in [-0.3, -0.25) is 0 Å². The monoisotopic (exact) mass is 119 g/mol. The van der Waals surface area contributed by atoms with E-state index in [1.54, 1.807) is 0 Å². The summed E-state index contributed by atoms with van der Waals surface area (Å²) in [5.74, 6) is 6.64. The minimum absolute atomic E-state index is 0.532. The van der Waals surface area contributed by atoms with Crippen molar-refractivity contribution in [3.63, 3.8) is 0 Å². The fraction of sp³-hybridized carbons (Fsp3) is 0.625. The smallest absolute Gasteiger partial charge is 0.0622 e. The number of rotatable bonds is 2. The van der Waals surface area contributed by atoms with Crippen molar-refractivity contribution in [3.8, 4) is 17.9 Å². The van der Waals surface area contributed by atoms with Crippen molar-refractivity contribution in [2.75, 3.05) is 0 Å². The number of nitrogens with zero attached hydrogens (tertiary/aromatic N) is 1. The molecule has 0 N–H and O–H groups in total. The molecule has 0 aliphatic heterocycles. The molecular formula is C8H9N. The highest BCUT2D eigenvalue weighted by Crippen LogP contribution is 2.15. The van der Waals surface area contributed by atoms with Gasteiger partial charge in [-0.2, -0.15) is 5.26 Å². The molecule has 0 fully saturated rings. The van der Waals surface area contributed by atoms with Gasteiger partial charge in [-0.05, 0) is 12.8 Å². The zero-order valence-electron chi connectivity index (χ0n) is 5.35. The van der Waals surface area contributed by atoms with Crippen LogP contribution >= 0.6 is 0 Å². The van der Waals surface area contributed by atoms with Gasteiger partial charge in [-0.15, -0.1) is 5.92 Å². The van der Waals surface area contributed by atoms with Gasteiger partial charge in [0.15, 0.2) is 0 Å². The van der Waals surface area contributed by atoms with E-state index in [2.05, 4.69) is 17.9 Å². The molecule has 1 aliphatic rings. The van der Waals surface area contributed by atoms with Crippen LogP contribution < -0.4 is 0 Å². The average molecular weight is 119 g/mol. The molecule has 0 aromatic rings. The van der Waals surface area contributed by atoms with Crippen molar-refractivity contribution in [2.45, 2.75) is 25.7 Å². The third kappa shape index (κ3) is 1.78. The fourth-order valence-corrected chi connectivity index (χ4v) is 0.990. The molecule has 0 saturated carbocycles. The first kappa shape index (κ1) is 6.17. The summed E-state index contributed by atoms with van der Waals surface area (Å²) >= 11 is 0. The third-order valence-corrected chi connectivity index (χ3v) is 1.53. The van der Waals surface area contributed by atoms with E-state index in [0.29, 0.717) is 12.3 Å². The highest BCUT2D eigenvalue weighted by Gasteiger charge is 2.06. The van der Waals surface area contributed by atoms with Gasteiger partial charge in [0.2, 0.25) is 0 Å². The topological polar surface area (TPSA) is 23.8 Å².